The smallest absolute Gasteiger partial charge is 0.227 e. The second kappa shape index (κ2) is 7.57. The van der Waals surface area contributed by atoms with Gasteiger partial charge in [-0.2, -0.15) is 4.98 Å². The molecule has 1 heterocycles. The second-order valence-corrected chi connectivity index (χ2v) is 6.55. The summed E-state index contributed by atoms with van der Waals surface area (Å²) in [5, 5.41) is 6.84. The summed E-state index contributed by atoms with van der Waals surface area (Å²) in [5.74, 6) is 0.927. The molecule has 0 spiro atoms. The maximum absolute atomic E-state index is 12.1. The summed E-state index contributed by atoms with van der Waals surface area (Å²) >= 11 is 2.25. The third-order valence-electron chi connectivity index (χ3n) is 3.52. The SMILES string of the molecule is Cc1ccc(NC(=O)CCc2nc(-c3ccccc3)no2)cc1I. The Morgan fingerprint density at radius 2 is 2.00 bits per heavy atom. The molecule has 0 atom stereocenters. The van der Waals surface area contributed by atoms with Gasteiger partial charge in [-0.15, -0.1) is 0 Å². The van der Waals surface area contributed by atoms with Gasteiger partial charge in [0.2, 0.25) is 17.6 Å². The largest absolute Gasteiger partial charge is 0.339 e. The zero-order valence-electron chi connectivity index (χ0n) is 13.1. The fourth-order valence-electron chi connectivity index (χ4n) is 2.18. The molecule has 2 aromatic carbocycles. The Balaban J connectivity index is 1.56. The highest BCUT2D eigenvalue weighted by molar-refractivity contribution is 14.1. The number of hydrogen-bond acceptors (Lipinski definition) is 4. The number of anilines is 1. The van der Waals surface area contributed by atoms with Gasteiger partial charge in [0.15, 0.2) is 0 Å². The summed E-state index contributed by atoms with van der Waals surface area (Å²) in [5.41, 5.74) is 2.88. The number of amides is 1. The lowest BCUT2D eigenvalue weighted by Crippen LogP contribution is -2.12. The van der Waals surface area contributed by atoms with Crippen LogP contribution in [0.25, 0.3) is 11.4 Å². The highest BCUT2D eigenvalue weighted by Crippen LogP contribution is 2.18. The first-order chi connectivity index (χ1) is 11.6. The Morgan fingerprint density at radius 3 is 2.75 bits per heavy atom. The molecule has 3 rings (SSSR count). The first-order valence-electron chi connectivity index (χ1n) is 7.56. The summed E-state index contributed by atoms with van der Waals surface area (Å²) in [6, 6.07) is 15.4. The Bertz CT molecular complexity index is 846. The van der Waals surface area contributed by atoms with E-state index in [2.05, 4.69) is 38.0 Å². The molecule has 6 heteroatoms. The molecule has 0 bridgehead atoms. The van der Waals surface area contributed by atoms with E-state index in [4.69, 9.17) is 4.52 Å². The van der Waals surface area contributed by atoms with Crippen LogP contribution < -0.4 is 5.32 Å². The van der Waals surface area contributed by atoms with Crippen molar-refractivity contribution in [1.82, 2.24) is 10.1 Å². The van der Waals surface area contributed by atoms with Gasteiger partial charge in [-0.1, -0.05) is 41.6 Å². The number of carbonyl (C=O) groups is 1. The molecular formula is C18H16IN3O2. The van der Waals surface area contributed by atoms with Crippen LogP contribution in [-0.2, 0) is 11.2 Å². The van der Waals surface area contributed by atoms with Crippen molar-refractivity contribution in [3.05, 3.63) is 63.6 Å². The van der Waals surface area contributed by atoms with E-state index in [0.29, 0.717) is 24.6 Å². The number of nitrogens with one attached hydrogen (secondary N) is 1. The number of carbonyl (C=O) groups excluding carboxylic acids is 1. The maximum Gasteiger partial charge on any atom is 0.227 e. The molecule has 0 aliphatic carbocycles. The second-order valence-electron chi connectivity index (χ2n) is 5.39. The molecular weight excluding hydrogens is 417 g/mol. The lowest BCUT2D eigenvalue weighted by molar-refractivity contribution is -0.116. The maximum atomic E-state index is 12.1. The van der Waals surface area contributed by atoms with Gasteiger partial charge >= 0.3 is 0 Å². The Morgan fingerprint density at radius 1 is 1.21 bits per heavy atom. The standard InChI is InChI=1S/C18H16IN3O2/c1-12-7-8-14(11-15(12)19)20-16(23)9-10-17-21-18(22-24-17)13-5-3-2-4-6-13/h2-8,11H,9-10H2,1H3,(H,20,23). The number of rotatable bonds is 5. The van der Waals surface area contributed by atoms with Crippen molar-refractivity contribution >= 4 is 34.2 Å². The minimum Gasteiger partial charge on any atom is -0.339 e. The quantitative estimate of drug-likeness (QED) is 0.612. The molecule has 0 radical (unpaired) electrons. The zero-order chi connectivity index (χ0) is 16.9. The topological polar surface area (TPSA) is 68.0 Å². The van der Waals surface area contributed by atoms with Gasteiger partial charge in [-0.25, -0.2) is 0 Å². The van der Waals surface area contributed by atoms with E-state index < -0.39 is 0 Å². The van der Waals surface area contributed by atoms with E-state index in [-0.39, 0.29) is 5.91 Å². The molecule has 0 saturated carbocycles. The van der Waals surface area contributed by atoms with Crippen LogP contribution in [0, 0.1) is 10.5 Å². The van der Waals surface area contributed by atoms with Crippen molar-refractivity contribution in [2.24, 2.45) is 0 Å². The molecule has 5 nitrogen and oxygen atoms in total. The fraction of sp³-hybridized carbons (Fsp3) is 0.167. The van der Waals surface area contributed by atoms with Crippen molar-refractivity contribution in [3.63, 3.8) is 0 Å². The molecule has 0 aliphatic rings. The first kappa shape index (κ1) is 16.6. The number of aryl methyl sites for hydroxylation is 2. The van der Waals surface area contributed by atoms with Crippen LogP contribution in [0.3, 0.4) is 0 Å². The Labute approximate surface area is 153 Å². The van der Waals surface area contributed by atoms with E-state index in [0.717, 1.165) is 14.8 Å². The highest BCUT2D eigenvalue weighted by Gasteiger charge is 2.11. The van der Waals surface area contributed by atoms with Gasteiger partial charge in [0.1, 0.15) is 0 Å². The van der Waals surface area contributed by atoms with E-state index >= 15 is 0 Å². The minimum absolute atomic E-state index is 0.0749. The van der Waals surface area contributed by atoms with Crippen LogP contribution in [0.15, 0.2) is 53.1 Å². The van der Waals surface area contributed by atoms with Crippen molar-refractivity contribution in [1.29, 1.82) is 0 Å². The summed E-state index contributed by atoms with van der Waals surface area (Å²) < 4.78 is 6.33. The van der Waals surface area contributed by atoms with Crippen molar-refractivity contribution in [2.45, 2.75) is 19.8 Å². The fourth-order valence-corrected chi connectivity index (χ4v) is 2.69. The number of hydrogen-bond donors (Lipinski definition) is 1. The average Bonchev–Trinajstić information content (AvgIpc) is 3.06. The van der Waals surface area contributed by atoms with Gasteiger partial charge in [0.25, 0.3) is 0 Å². The van der Waals surface area contributed by atoms with E-state index in [1.165, 1.54) is 5.56 Å². The minimum atomic E-state index is -0.0749. The molecule has 3 aromatic rings. The lowest BCUT2D eigenvalue weighted by Gasteiger charge is -2.06. The van der Waals surface area contributed by atoms with Crippen LogP contribution >= 0.6 is 22.6 Å². The summed E-state index contributed by atoms with van der Waals surface area (Å²) in [7, 11) is 0. The van der Waals surface area contributed by atoms with Gasteiger partial charge in [0.05, 0.1) is 0 Å². The van der Waals surface area contributed by atoms with E-state index in [1.54, 1.807) is 0 Å². The van der Waals surface area contributed by atoms with Gasteiger partial charge in [0, 0.05) is 27.7 Å². The van der Waals surface area contributed by atoms with Crippen LogP contribution in [0.1, 0.15) is 17.9 Å². The molecule has 1 N–H and O–H groups in total. The first-order valence-corrected chi connectivity index (χ1v) is 8.64. The lowest BCUT2D eigenvalue weighted by atomic mass is 10.2. The van der Waals surface area contributed by atoms with Gasteiger partial charge in [-0.3, -0.25) is 4.79 Å². The number of aromatic nitrogens is 2. The molecule has 0 aliphatic heterocycles. The van der Waals surface area contributed by atoms with Gasteiger partial charge < -0.3 is 9.84 Å². The number of halogens is 1. The van der Waals surface area contributed by atoms with Crippen LogP contribution in [-0.4, -0.2) is 16.0 Å². The third-order valence-corrected chi connectivity index (χ3v) is 4.68. The number of benzene rings is 2. The molecule has 122 valence electrons. The monoisotopic (exact) mass is 433 g/mol. The van der Waals surface area contributed by atoms with Crippen LogP contribution in [0.2, 0.25) is 0 Å². The average molecular weight is 433 g/mol. The zero-order valence-corrected chi connectivity index (χ0v) is 15.3. The van der Waals surface area contributed by atoms with Gasteiger partial charge in [-0.05, 0) is 47.2 Å². The summed E-state index contributed by atoms with van der Waals surface area (Å²) in [6.07, 6.45) is 0.704. The summed E-state index contributed by atoms with van der Waals surface area (Å²) in [6.45, 7) is 2.03. The van der Waals surface area contributed by atoms with E-state index in [9.17, 15) is 4.79 Å². The summed E-state index contributed by atoms with van der Waals surface area (Å²) in [4.78, 5) is 16.4. The molecule has 0 fully saturated rings. The highest BCUT2D eigenvalue weighted by atomic mass is 127. The molecule has 24 heavy (non-hydrogen) atoms. The third kappa shape index (κ3) is 4.19. The molecule has 0 saturated heterocycles. The molecule has 0 unspecified atom stereocenters. The normalized spacial score (nSPS) is 10.6. The van der Waals surface area contributed by atoms with E-state index in [1.807, 2.05) is 55.5 Å². The van der Waals surface area contributed by atoms with Crippen LogP contribution in [0.5, 0.6) is 0 Å². The van der Waals surface area contributed by atoms with Crippen LogP contribution in [0.4, 0.5) is 5.69 Å². The van der Waals surface area contributed by atoms with Crippen molar-refractivity contribution in [2.75, 3.05) is 5.32 Å². The molecule has 1 amide bonds. The van der Waals surface area contributed by atoms with Crippen molar-refractivity contribution in [3.8, 4) is 11.4 Å². The molecule has 1 aromatic heterocycles. The number of nitrogens with zero attached hydrogens (tertiary/aromatic N) is 2. The van der Waals surface area contributed by atoms with Crippen molar-refractivity contribution < 1.29 is 9.32 Å². The Kier molecular flexibility index (Phi) is 5.24. The predicted octanol–water partition coefficient (Wildman–Crippen LogP) is 4.22. The predicted molar refractivity (Wildman–Crippen MR) is 101 cm³/mol. The Hall–Kier alpha value is -2.22.